The molecule has 0 radical (unpaired) electrons. The van der Waals surface area contributed by atoms with Crippen molar-refractivity contribution in [3.63, 3.8) is 0 Å². The fourth-order valence-electron chi connectivity index (χ4n) is 1.71. The van der Waals surface area contributed by atoms with E-state index in [0.29, 0.717) is 12.1 Å². The molecule has 0 bridgehead atoms. The SMILES string of the molecule is CCNCC(C)C(=O)N[C@H](C)c1ccccc1F. The Kier molecular flexibility index (Phi) is 5.78. The lowest BCUT2D eigenvalue weighted by Gasteiger charge is -2.18. The van der Waals surface area contributed by atoms with E-state index in [2.05, 4.69) is 10.6 Å². The lowest BCUT2D eigenvalue weighted by atomic mass is 10.1. The molecule has 1 rings (SSSR count). The number of hydrogen-bond acceptors (Lipinski definition) is 2. The van der Waals surface area contributed by atoms with Crippen molar-refractivity contribution < 1.29 is 9.18 Å². The van der Waals surface area contributed by atoms with E-state index in [1.165, 1.54) is 6.07 Å². The Morgan fingerprint density at radius 2 is 2.00 bits per heavy atom. The van der Waals surface area contributed by atoms with Crippen LogP contribution in [-0.4, -0.2) is 19.0 Å². The molecule has 0 fully saturated rings. The number of hydrogen-bond donors (Lipinski definition) is 2. The minimum absolute atomic E-state index is 0.0632. The van der Waals surface area contributed by atoms with E-state index < -0.39 is 0 Å². The van der Waals surface area contributed by atoms with Gasteiger partial charge >= 0.3 is 0 Å². The molecule has 0 aliphatic carbocycles. The summed E-state index contributed by atoms with van der Waals surface area (Å²) < 4.78 is 13.5. The molecule has 0 aliphatic heterocycles. The van der Waals surface area contributed by atoms with E-state index >= 15 is 0 Å². The van der Waals surface area contributed by atoms with Crippen LogP contribution in [0.5, 0.6) is 0 Å². The third-order valence-corrected chi connectivity index (χ3v) is 2.88. The first kappa shape index (κ1) is 14.6. The molecule has 100 valence electrons. The second kappa shape index (κ2) is 7.11. The van der Waals surface area contributed by atoms with Gasteiger partial charge in [-0.05, 0) is 19.5 Å². The number of carbonyl (C=O) groups is 1. The Hall–Kier alpha value is -1.42. The third kappa shape index (κ3) is 4.11. The van der Waals surface area contributed by atoms with Gasteiger partial charge in [-0.1, -0.05) is 32.0 Å². The predicted molar refractivity (Wildman–Crippen MR) is 70.7 cm³/mol. The number of halogens is 1. The summed E-state index contributed by atoms with van der Waals surface area (Å²) in [6.07, 6.45) is 0. The maximum Gasteiger partial charge on any atom is 0.224 e. The van der Waals surface area contributed by atoms with Crippen molar-refractivity contribution in [3.05, 3.63) is 35.6 Å². The molecule has 0 spiro atoms. The molecular formula is C14H21FN2O. The summed E-state index contributed by atoms with van der Waals surface area (Å²) in [5, 5.41) is 5.95. The number of amides is 1. The minimum atomic E-state index is -0.317. The van der Waals surface area contributed by atoms with Gasteiger partial charge in [0.1, 0.15) is 5.82 Å². The van der Waals surface area contributed by atoms with Crippen LogP contribution in [0.4, 0.5) is 4.39 Å². The summed E-state index contributed by atoms with van der Waals surface area (Å²) in [6, 6.07) is 6.18. The molecule has 2 atom stereocenters. The lowest BCUT2D eigenvalue weighted by Crippen LogP contribution is -2.36. The quantitative estimate of drug-likeness (QED) is 0.815. The maximum absolute atomic E-state index is 13.5. The van der Waals surface area contributed by atoms with Crippen LogP contribution in [-0.2, 0) is 4.79 Å². The van der Waals surface area contributed by atoms with Crippen molar-refractivity contribution in [1.82, 2.24) is 10.6 Å². The zero-order valence-electron chi connectivity index (χ0n) is 11.2. The zero-order chi connectivity index (χ0) is 13.5. The predicted octanol–water partition coefficient (Wildman–Crippen LogP) is 2.25. The van der Waals surface area contributed by atoms with Crippen LogP contribution in [0.3, 0.4) is 0 Å². The first-order chi connectivity index (χ1) is 8.56. The maximum atomic E-state index is 13.5. The van der Waals surface area contributed by atoms with Crippen LogP contribution in [0.25, 0.3) is 0 Å². The van der Waals surface area contributed by atoms with Gasteiger partial charge in [-0.15, -0.1) is 0 Å². The molecule has 4 heteroatoms. The Balaban J connectivity index is 2.57. The second-order valence-electron chi connectivity index (χ2n) is 4.46. The van der Waals surface area contributed by atoms with Gasteiger partial charge in [0.2, 0.25) is 5.91 Å². The molecule has 0 saturated carbocycles. The van der Waals surface area contributed by atoms with Crippen molar-refractivity contribution in [3.8, 4) is 0 Å². The number of carbonyl (C=O) groups excluding carboxylic acids is 1. The summed E-state index contributed by atoms with van der Waals surface area (Å²) in [4.78, 5) is 11.9. The molecule has 2 N–H and O–H groups in total. The monoisotopic (exact) mass is 252 g/mol. The highest BCUT2D eigenvalue weighted by atomic mass is 19.1. The summed E-state index contributed by atoms with van der Waals surface area (Å²) in [5.41, 5.74) is 0.515. The highest BCUT2D eigenvalue weighted by molar-refractivity contribution is 5.78. The van der Waals surface area contributed by atoms with Crippen molar-refractivity contribution in [1.29, 1.82) is 0 Å². The second-order valence-corrected chi connectivity index (χ2v) is 4.46. The lowest BCUT2D eigenvalue weighted by molar-refractivity contribution is -0.125. The Morgan fingerprint density at radius 3 is 2.61 bits per heavy atom. The van der Waals surface area contributed by atoms with Gasteiger partial charge in [-0.25, -0.2) is 4.39 Å². The first-order valence-electron chi connectivity index (χ1n) is 6.31. The smallest absolute Gasteiger partial charge is 0.224 e. The molecule has 1 unspecified atom stereocenters. The molecule has 0 saturated heterocycles. The van der Waals surface area contributed by atoms with Gasteiger partial charge in [0.05, 0.1) is 6.04 Å². The average molecular weight is 252 g/mol. The fourth-order valence-corrected chi connectivity index (χ4v) is 1.71. The van der Waals surface area contributed by atoms with E-state index in [-0.39, 0.29) is 23.7 Å². The van der Waals surface area contributed by atoms with Crippen LogP contribution in [0.1, 0.15) is 32.4 Å². The van der Waals surface area contributed by atoms with Gasteiger partial charge in [0, 0.05) is 18.0 Å². The standard InChI is InChI=1S/C14H21FN2O/c1-4-16-9-10(2)14(18)17-11(3)12-7-5-6-8-13(12)15/h5-8,10-11,16H,4,9H2,1-3H3,(H,17,18)/t10?,11-/m1/s1. The topological polar surface area (TPSA) is 41.1 Å². The summed E-state index contributed by atoms with van der Waals surface area (Å²) in [6.45, 7) is 7.10. The average Bonchev–Trinajstić information content (AvgIpc) is 2.36. The highest BCUT2D eigenvalue weighted by Crippen LogP contribution is 2.16. The van der Waals surface area contributed by atoms with Crippen molar-refractivity contribution in [2.45, 2.75) is 26.8 Å². The molecule has 0 aliphatic rings. The van der Waals surface area contributed by atoms with Crippen molar-refractivity contribution in [2.75, 3.05) is 13.1 Å². The molecule has 1 amide bonds. The van der Waals surface area contributed by atoms with E-state index in [9.17, 15) is 9.18 Å². The zero-order valence-corrected chi connectivity index (χ0v) is 11.2. The molecule has 3 nitrogen and oxygen atoms in total. The van der Waals surface area contributed by atoms with Crippen LogP contribution in [0.2, 0.25) is 0 Å². The molecular weight excluding hydrogens is 231 g/mol. The van der Waals surface area contributed by atoms with Crippen LogP contribution >= 0.6 is 0 Å². The first-order valence-corrected chi connectivity index (χ1v) is 6.31. The van der Waals surface area contributed by atoms with Crippen LogP contribution in [0, 0.1) is 11.7 Å². The number of benzene rings is 1. The van der Waals surface area contributed by atoms with Gasteiger partial charge < -0.3 is 10.6 Å². The van der Waals surface area contributed by atoms with Gasteiger partial charge in [0.15, 0.2) is 0 Å². The van der Waals surface area contributed by atoms with Crippen LogP contribution < -0.4 is 10.6 Å². The van der Waals surface area contributed by atoms with Gasteiger partial charge in [0.25, 0.3) is 0 Å². The number of rotatable bonds is 6. The fraction of sp³-hybridized carbons (Fsp3) is 0.500. The normalized spacial score (nSPS) is 14.0. The largest absolute Gasteiger partial charge is 0.349 e. The van der Waals surface area contributed by atoms with Crippen molar-refractivity contribution >= 4 is 5.91 Å². The van der Waals surface area contributed by atoms with E-state index in [1.54, 1.807) is 25.1 Å². The third-order valence-electron chi connectivity index (χ3n) is 2.88. The minimum Gasteiger partial charge on any atom is -0.349 e. The molecule has 1 aromatic carbocycles. The number of nitrogens with one attached hydrogen (secondary N) is 2. The Bertz CT molecular complexity index is 395. The van der Waals surface area contributed by atoms with Crippen molar-refractivity contribution in [2.24, 2.45) is 5.92 Å². The molecule has 18 heavy (non-hydrogen) atoms. The van der Waals surface area contributed by atoms with Gasteiger partial charge in [-0.3, -0.25) is 4.79 Å². The van der Waals surface area contributed by atoms with E-state index in [0.717, 1.165) is 6.54 Å². The molecule has 0 aromatic heterocycles. The highest BCUT2D eigenvalue weighted by Gasteiger charge is 2.17. The Morgan fingerprint density at radius 1 is 1.33 bits per heavy atom. The van der Waals surface area contributed by atoms with Gasteiger partial charge in [-0.2, -0.15) is 0 Å². The molecule has 1 aromatic rings. The molecule has 0 heterocycles. The van der Waals surface area contributed by atoms with E-state index in [1.807, 2.05) is 13.8 Å². The summed E-state index contributed by atoms with van der Waals surface area (Å²) in [5.74, 6) is -0.476. The van der Waals surface area contributed by atoms with E-state index in [4.69, 9.17) is 0 Å². The summed E-state index contributed by atoms with van der Waals surface area (Å²) in [7, 11) is 0. The van der Waals surface area contributed by atoms with Crippen LogP contribution in [0.15, 0.2) is 24.3 Å². The Labute approximate surface area is 108 Å². The summed E-state index contributed by atoms with van der Waals surface area (Å²) >= 11 is 0.